The highest BCUT2D eigenvalue weighted by atomic mass is 32.3. The van der Waals surface area contributed by atoms with Gasteiger partial charge in [-0.15, -0.1) is 4.67 Å². The van der Waals surface area contributed by atoms with Crippen molar-refractivity contribution in [3.63, 3.8) is 0 Å². The first-order valence-corrected chi connectivity index (χ1v) is 14.6. The Morgan fingerprint density at radius 3 is 2.31 bits per heavy atom. The van der Waals surface area contributed by atoms with Gasteiger partial charge in [0.1, 0.15) is 30.2 Å². The Kier molecular flexibility index (Phi) is 8.35. The third-order valence-electron chi connectivity index (χ3n) is 4.02. The van der Waals surface area contributed by atoms with Gasteiger partial charge in [-0.25, -0.2) is 28.6 Å². The van der Waals surface area contributed by atoms with E-state index in [1.54, 1.807) is 0 Å². The number of ether oxygens (including phenoxy) is 1. The normalized spacial score (nSPS) is 27.9. The van der Waals surface area contributed by atoms with E-state index in [1.165, 1.54) is 4.57 Å². The Bertz CT molecular complexity index is 1370. The zero-order valence-corrected chi connectivity index (χ0v) is 20.5. The molecule has 0 amide bonds. The minimum absolute atomic E-state index is 0.00284. The molecule has 1 saturated heterocycles. The summed E-state index contributed by atoms with van der Waals surface area (Å²) in [5.74, 6) is 0.00284. The number of aromatic nitrogens is 4. The molecular formula is C10H16N5O17P3S. The Morgan fingerprint density at radius 2 is 1.67 bits per heavy atom. The van der Waals surface area contributed by atoms with E-state index in [2.05, 4.69) is 37.1 Å². The highest BCUT2D eigenvalue weighted by molar-refractivity contribution is 7.81. The molecule has 2 aromatic rings. The summed E-state index contributed by atoms with van der Waals surface area (Å²) in [6, 6.07) is 0. The van der Waals surface area contributed by atoms with Gasteiger partial charge < -0.3 is 35.4 Å². The lowest BCUT2D eigenvalue weighted by atomic mass is 10.1. The van der Waals surface area contributed by atoms with Gasteiger partial charge in [0.25, 0.3) is 0 Å². The number of imidazole rings is 1. The Morgan fingerprint density at radius 1 is 1.03 bits per heavy atom. The minimum Gasteiger partial charge on any atom is -0.387 e. The summed E-state index contributed by atoms with van der Waals surface area (Å²) < 4.78 is 88.3. The first kappa shape index (κ1) is 29.1. The lowest BCUT2D eigenvalue weighted by Crippen LogP contribution is -2.33. The molecule has 0 bridgehead atoms. The maximum Gasteiger partial charge on any atom is 0.509 e. The molecule has 7 atom stereocenters. The first-order valence-electron chi connectivity index (χ1n) is 8.75. The molecule has 22 nitrogen and oxygen atoms in total. The van der Waals surface area contributed by atoms with Gasteiger partial charge in [0.2, 0.25) is 0 Å². The highest BCUT2D eigenvalue weighted by Crippen LogP contribution is 2.67. The van der Waals surface area contributed by atoms with Gasteiger partial charge in [0, 0.05) is 0 Å². The lowest BCUT2D eigenvalue weighted by molar-refractivity contribution is -0.124. The summed E-state index contributed by atoms with van der Waals surface area (Å²) in [5, 5.41) is 20.5. The number of nitrogens with two attached hydrogens (primary N) is 1. The van der Waals surface area contributed by atoms with Gasteiger partial charge >= 0.3 is 33.9 Å². The van der Waals surface area contributed by atoms with Crippen LogP contribution < -0.4 is 5.73 Å². The van der Waals surface area contributed by atoms with Gasteiger partial charge in [-0.3, -0.25) is 13.6 Å². The van der Waals surface area contributed by atoms with E-state index >= 15 is 0 Å². The molecule has 3 rings (SSSR count). The maximum atomic E-state index is 12.0. The SMILES string of the molecule is Nc1ncnc2c1ncn2[C@@H]1O[C@H](COP(=O)(O)OP(=O)(O)OP(=O)(O)OOS(=O)(=O)O)[C@@H](O)[C@H]1O. The minimum atomic E-state index is -6.01. The van der Waals surface area contributed by atoms with Crippen LogP contribution in [0.4, 0.5) is 5.82 Å². The van der Waals surface area contributed by atoms with Gasteiger partial charge in [-0.05, 0) is 0 Å². The van der Waals surface area contributed by atoms with Crippen LogP contribution in [0.3, 0.4) is 0 Å². The van der Waals surface area contributed by atoms with Crippen LogP contribution in [0.2, 0.25) is 0 Å². The molecule has 0 spiro atoms. The van der Waals surface area contributed by atoms with Crippen molar-refractivity contribution in [2.45, 2.75) is 24.5 Å². The fraction of sp³-hybridized carbons (Fsp3) is 0.500. The van der Waals surface area contributed by atoms with Crippen LogP contribution in [0.1, 0.15) is 6.23 Å². The Balaban J connectivity index is 1.63. The third-order valence-corrected chi connectivity index (χ3v) is 8.40. The van der Waals surface area contributed by atoms with Crippen molar-refractivity contribution in [2.75, 3.05) is 12.3 Å². The first-order chi connectivity index (χ1) is 16.4. The maximum absolute atomic E-state index is 12.0. The van der Waals surface area contributed by atoms with Crippen molar-refractivity contribution in [2.24, 2.45) is 0 Å². The fourth-order valence-electron chi connectivity index (χ4n) is 2.71. The van der Waals surface area contributed by atoms with E-state index in [-0.39, 0.29) is 17.0 Å². The summed E-state index contributed by atoms with van der Waals surface area (Å²) in [4.78, 5) is 39.7. The van der Waals surface area contributed by atoms with E-state index < -0.39 is 65.0 Å². The molecule has 204 valence electrons. The molecule has 26 heteroatoms. The van der Waals surface area contributed by atoms with Gasteiger partial charge in [0.15, 0.2) is 17.7 Å². The third kappa shape index (κ3) is 7.30. The number of anilines is 1. The van der Waals surface area contributed by atoms with Crippen molar-refractivity contribution in [3.8, 4) is 0 Å². The number of phosphoric acid groups is 3. The predicted molar refractivity (Wildman–Crippen MR) is 107 cm³/mol. The summed E-state index contributed by atoms with van der Waals surface area (Å²) in [6.45, 7) is -1.06. The van der Waals surface area contributed by atoms with E-state index in [1.807, 2.05) is 0 Å². The molecule has 3 unspecified atom stereocenters. The Hall–Kier alpha value is -1.49. The molecule has 1 fully saturated rings. The van der Waals surface area contributed by atoms with E-state index in [9.17, 15) is 42.1 Å². The van der Waals surface area contributed by atoms with Crippen LogP contribution in [0.15, 0.2) is 12.7 Å². The quantitative estimate of drug-likeness (QED) is 0.0640. The molecule has 8 N–H and O–H groups in total. The number of aliphatic hydroxyl groups excluding tert-OH is 2. The van der Waals surface area contributed by atoms with E-state index in [0.29, 0.717) is 0 Å². The summed E-state index contributed by atoms with van der Waals surface area (Å²) >= 11 is 0. The Labute approximate surface area is 198 Å². The number of nitrogens with zero attached hydrogens (tertiary/aromatic N) is 4. The molecule has 3 heterocycles. The average molecular weight is 603 g/mol. The second-order valence-electron chi connectivity index (χ2n) is 6.56. The van der Waals surface area contributed by atoms with E-state index in [0.717, 1.165) is 12.7 Å². The fourth-order valence-corrected chi connectivity index (χ4v) is 6.43. The molecule has 1 aliphatic heterocycles. The molecule has 0 aliphatic carbocycles. The van der Waals surface area contributed by atoms with Crippen LogP contribution in [-0.4, -0.2) is 82.3 Å². The monoisotopic (exact) mass is 603 g/mol. The molecule has 0 aromatic carbocycles. The van der Waals surface area contributed by atoms with Crippen LogP contribution in [0.5, 0.6) is 0 Å². The number of fused-ring (bicyclic) bond motifs is 1. The second kappa shape index (κ2) is 10.3. The highest BCUT2D eigenvalue weighted by Gasteiger charge is 2.47. The average Bonchev–Trinajstić information content (AvgIpc) is 3.26. The number of rotatable bonds is 11. The van der Waals surface area contributed by atoms with Crippen molar-refractivity contribution >= 4 is 50.8 Å². The topological polar surface area (TPSA) is 332 Å². The van der Waals surface area contributed by atoms with Gasteiger partial charge in [-0.1, -0.05) is 4.33 Å². The predicted octanol–water partition coefficient (Wildman–Crippen LogP) is -1.87. The van der Waals surface area contributed by atoms with Crippen LogP contribution >= 0.6 is 23.5 Å². The number of phosphoric ester groups is 1. The van der Waals surface area contributed by atoms with Crippen molar-refractivity contribution in [1.29, 1.82) is 0 Å². The molecule has 36 heavy (non-hydrogen) atoms. The number of hydrogen-bond donors (Lipinski definition) is 7. The largest absolute Gasteiger partial charge is 0.509 e. The smallest absolute Gasteiger partial charge is 0.387 e. The zero-order valence-electron chi connectivity index (χ0n) is 17.0. The van der Waals surface area contributed by atoms with Crippen LogP contribution in [0.25, 0.3) is 11.2 Å². The summed E-state index contributed by atoms with van der Waals surface area (Å²) in [6.07, 6.45) is -4.10. The molecular weight excluding hydrogens is 587 g/mol. The molecule has 2 aromatic heterocycles. The van der Waals surface area contributed by atoms with Crippen molar-refractivity contribution in [1.82, 2.24) is 19.5 Å². The standard InChI is InChI=1S/C10H16N5O17P3S/c11-8-5-9(13-2-12-8)15(3-14-5)10-7(17)6(16)4(28-10)1-27-33(18,19)31-35(22,23)32-34(20,21)29-30-36(24,25)26/h2-4,6-7,10,16-17H,1H2,(H,18,19)(H,20,21)(H,22,23)(H2,11,12,13)(H,24,25,26)/t4-,6-,7-,10-/m1/s1. The van der Waals surface area contributed by atoms with Crippen molar-refractivity contribution in [3.05, 3.63) is 12.7 Å². The lowest BCUT2D eigenvalue weighted by Gasteiger charge is -2.19. The number of hydrogen-bond acceptors (Lipinski definition) is 17. The molecule has 1 aliphatic rings. The number of nitrogen functional groups attached to an aromatic ring is 1. The second-order valence-corrected chi connectivity index (χ2v) is 12.1. The van der Waals surface area contributed by atoms with Crippen molar-refractivity contribution < 1.29 is 78.4 Å². The van der Waals surface area contributed by atoms with Gasteiger partial charge in [-0.2, -0.15) is 17.0 Å². The van der Waals surface area contributed by atoms with Gasteiger partial charge in [0.05, 0.1) is 12.9 Å². The van der Waals surface area contributed by atoms with Crippen LogP contribution in [0, 0.1) is 0 Å². The number of aliphatic hydroxyl groups is 2. The zero-order chi connectivity index (χ0) is 27.1. The summed E-state index contributed by atoms with van der Waals surface area (Å²) in [5.41, 5.74) is 5.91. The molecule has 0 radical (unpaired) electrons. The summed E-state index contributed by atoms with van der Waals surface area (Å²) in [7, 11) is -23.0. The van der Waals surface area contributed by atoms with E-state index in [4.69, 9.17) is 19.9 Å². The van der Waals surface area contributed by atoms with Crippen LogP contribution in [-0.2, 0) is 51.0 Å². The molecule has 0 saturated carbocycles.